The van der Waals surface area contributed by atoms with E-state index >= 15 is 0 Å². The normalized spacial score (nSPS) is 24.7. The number of nitrogens with zero attached hydrogens (tertiary/aromatic N) is 1. The Hall–Kier alpha value is -1.10. The molecule has 0 bridgehead atoms. The monoisotopic (exact) mass is 255 g/mol. The van der Waals surface area contributed by atoms with Gasteiger partial charge in [0, 0.05) is 26.6 Å². The first kappa shape index (κ1) is 15.0. The maximum atomic E-state index is 12.3. The van der Waals surface area contributed by atoms with Gasteiger partial charge in [-0.25, -0.2) is 0 Å². The highest BCUT2D eigenvalue weighted by Gasteiger charge is 2.34. The molecule has 18 heavy (non-hydrogen) atoms. The molecule has 1 rings (SSSR count). The predicted octanol–water partition coefficient (Wildman–Crippen LogP) is 0.202. The van der Waals surface area contributed by atoms with Crippen molar-refractivity contribution in [1.82, 2.24) is 10.2 Å². The van der Waals surface area contributed by atoms with Crippen LogP contribution in [0.4, 0.5) is 0 Å². The molecule has 1 saturated carbocycles. The summed E-state index contributed by atoms with van der Waals surface area (Å²) in [6.07, 6.45) is 3.06. The van der Waals surface area contributed by atoms with Crippen molar-refractivity contribution in [1.29, 1.82) is 0 Å². The van der Waals surface area contributed by atoms with E-state index < -0.39 is 0 Å². The zero-order chi connectivity index (χ0) is 13.7. The molecule has 1 aliphatic rings. The first-order valence-electron chi connectivity index (χ1n) is 6.67. The Balaban J connectivity index is 2.53. The van der Waals surface area contributed by atoms with Crippen molar-refractivity contribution >= 4 is 11.8 Å². The summed E-state index contributed by atoms with van der Waals surface area (Å²) in [5.41, 5.74) is 5.70. The minimum atomic E-state index is -0.179. The Kier molecular flexibility index (Phi) is 5.59. The van der Waals surface area contributed by atoms with Crippen LogP contribution in [0.3, 0.4) is 0 Å². The van der Waals surface area contributed by atoms with Gasteiger partial charge < -0.3 is 16.0 Å². The molecule has 3 atom stereocenters. The molecular formula is C13H25N3O2. The molecule has 0 saturated heterocycles. The van der Waals surface area contributed by atoms with Crippen molar-refractivity contribution in [3.8, 4) is 0 Å². The van der Waals surface area contributed by atoms with Crippen molar-refractivity contribution < 1.29 is 9.59 Å². The summed E-state index contributed by atoms with van der Waals surface area (Å²) in [5, 5.41) is 2.60. The lowest BCUT2D eigenvalue weighted by Crippen LogP contribution is -2.41. The maximum absolute atomic E-state index is 12.3. The number of hydrogen-bond donors (Lipinski definition) is 2. The lowest BCUT2D eigenvalue weighted by atomic mass is 9.94. The molecule has 5 heteroatoms. The van der Waals surface area contributed by atoms with Crippen LogP contribution in [0.15, 0.2) is 0 Å². The number of amides is 2. The number of hydrogen-bond acceptors (Lipinski definition) is 3. The van der Waals surface area contributed by atoms with Gasteiger partial charge in [-0.2, -0.15) is 0 Å². The highest BCUT2D eigenvalue weighted by atomic mass is 16.2. The van der Waals surface area contributed by atoms with Crippen molar-refractivity contribution in [2.24, 2.45) is 23.5 Å². The third kappa shape index (κ3) is 3.45. The molecule has 0 heterocycles. The molecule has 3 unspecified atom stereocenters. The number of nitrogens with two attached hydrogens (primary N) is 1. The summed E-state index contributed by atoms with van der Waals surface area (Å²) in [4.78, 5) is 25.4. The van der Waals surface area contributed by atoms with Crippen LogP contribution < -0.4 is 11.1 Å². The maximum Gasteiger partial charge on any atom is 0.225 e. The van der Waals surface area contributed by atoms with Crippen LogP contribution in [0.5, 0.6) is 0 Å². The van der Waals surface area contributed by atoms with E-state index in [0.717, 1.165) is 19.3 Å². The van der Waals surface area contributed by atoms with Crippen LogP contribution in [0.1, 0.15) is 26.2 Å². The SMILES string of the molecule is CNC(=O)C(C)CN(C)C(=O)C1CCCC1CN. The standard InChI is InChI=1S/C13H25N3O2/c1-9(12(17)15-2)8-16(3)13(18)11-6-4-5-10(11)7-14/h9-11H,4-8,14H2,1-3H3,(H,15,17). The molecule has 0 spiro atoms. The van der Waals surface area contributed by atoms with E-state index in [2.05, 4.69) is 5.32 Å². The van der Waals surface area contributed by atoms with E-state index in [1.165, 1.54) is 0 Å². The van der Waals surface area contributed by atoms with E-state index in [-0.39, 0.29) is 23.7 Å². The van der Waals surface area contributed by atoms with Gasteiger partial charge in [-0.05, 0) is 25.3 Å². The molecule has 0 radical (unpaired) electrons. The van der Waals surface area contributed by atoms with Crippen molar-refractivity contribution in [3.63, 3.8) is 0 Å². The zero-order valence-corrected chi connectivity index (χ0v) is 11.6. The van der Waals surface area contributed by atoms with Gasteiger partial charge in [0.15, 0.2) is 0 Å². The Labute approximate surface area is 109 Å². The van der Waals surface area contributed by atoms with E-state index in [9.17, 15) is 9.59 Å². The fraction of sp³-hybridized carbons (Fsp3) is 0.846. The average molecular weight is 255 g/mol. The van der Waals surface area contributed by atoms with E-state index in [1.54, 1.807) is 19.0 Å². The van der Waals surface area contributed by atoms with Crippen molar-refractivity contribution in [2.45, 2.75) is 26.2 Å². The Morgan fingerprint density at radius 2 is 2.11 bits per heavy atom. The summed E-state index contributed by atoms with van der Waals surface area (Å²) in [6.45, 7) is 2.87. The zero-order valence-electron chi connectivity index (χ0n) is 11.6. The molecule has 0 aromatic heterocycles. The molecule has 2 amide bonds. The molecule has 5 nitrogen and oxygen atoms in total. The summed E-state index contributed by atoms with van der Waals surface area (Å²) < 4.78 is 0. The molecule has 3 N–H and O–H groups in total. The molecule has 0 aromatic carbocycles. The fourth-order valence-corrected chi connectivity index (χ4v) is 2.76. The molecular weight excluding hydrogens is 230 g/mol. The third-order valence-electron chi connectivity index (χ3n) is 3.90. The summed E-state index contributed by atoms with van der Waals surface area (Å²) in [6, 6.07) is 0. The molecule has 0 aromatic rings. The lowest BCUT2D eigenvalue weighted by molar-refractivity contribution is -0.136. The second-order valence-electron chi connectivity index (χ2n) is 5.27. The smallest absolute Gasteiger partial charge is 0.225 e. The van der Waals surface area contributed by atoms with Crippen LogP contribution in [0.25, 0.3) is 0 Å². The first-order chi connectivity index (χ1) is 8.51. The Morgan fingerprint density at radius 3 is 2.67 bits per heavy atom. The highest BCUT2D eigenvalue weighted by molar-refractivity contribution is 5.81. The second-order valence-corrected chi connectivity index (χ2v) is 5.27. The quantitative estimate of drug-likeness (QED) is 0.737. The number of rotatable bonds is 5. The highest BCUT2D eigenvalue weighted by Crippen LogP contribution is 2.32. The molecule has 0 aliphatic heterocycles. The summed E-state index contributed by atoms with van der Waals surface area (Å²) in [5.74, 6) is 0.295. The predicted molar refractivity (Wildman–Crippen MR) is 70.8 cm³/mol. The lowest BCUT2D eigenvalue weighted by Gasteiger charge is -2.26. The Bertz CT molecular complexity index is 307. The molecule has 104 valence electrons. The van der Waals surface area contributed by atoms with Crippen LogP contribution in [-0.2, 0) is 9.59 Å². The number of nitrogens with one attached hydrogen (secondary N) is 1. The second kappa shape index (κ2) is 6.73. The summed E-state index contributed by atoms with van der Waals surface area (Å²) in [7, 11) is 3.38. The minimum Gasteiger partial charge on any atom is -0.359 e. The molecule has 1 fully saturated rings. The van der Waals surface area contributed by atoms with Crippen molar-refractivity contribution in [2.75, 3.05) is 27.2 Å². The van der Waals surface area contributed by atoms with Crippen LogP contribution in [-0.4, -0.2) is 43.9 Å². The van der Waals surface area contributed by atoms with E-state index in [4.69, 9.17) is 5.73 Å². The topological polar surface area (TPSA) is 75.4 Å². The van der Waals surface area contributed by atoms with Gasteiger partial charge in [0.2, 0.25) is 11.8 Å². The number of carbonyl (C=O) groups excluding carboxylic acids is 2. The third-order valence-corrected chi connectivity index (χ3v) is 3.90. The first-order valence-corrected chi connectivity index (χ1v) is 6.67. The summed E-state index contributed by atoms with van der Waals surface area (Å²) >= 11 is 0. The van der Waals surface area contributed by atoms with Gasteiger partial charge in [0.25, 0.3) is 0 Å². The average Bonchev–Trinajstić information content (AvgIpc) is 2.84. The number of carbonyl (C=O) groups is 2. The fourth-order valence-electron chi connectivity index (χ4n) is 2.76. The van der Waals surface area contributed by atoms with Gasteiger partial charge >= 0.3 is 0 Å². The van der Waals surface area contributed by atoms with Crippen LogP contribution in [0, 0.1) is 17.8 Å². The van der Waals surface area contributed by atoms with Gasteiger partial charge in [-0.1, -0.05) is 13.3 Å². The van der Waals surface area contributed by atoms with Crippen molar-refractivity contribution in [3.05, 3.63) is 0 Å². The van der Waals surface area contributed by atoms with Crippen LogP contribution in [0.2, 0.25) is 0 Å². The van der Waals surface area contributed by atoms with E-state index in [1.807, 2.05) is 6.92 Å². The van der Waals surface area contributed by atoms with Gasteiger partial charge in [0.1, 0.15) is 0 Å². The largest absolute Gasteiger partial charge is 0.359 e. The molecule has 1 aliphatic carbocycles. The minimum absolute atomic E-state index is 0.0311. The Morgan fingerprint density at radius 1 is 1.44 bits per heavy atom. The van der Waals surface area contributed by atoms with E-state index in [0.29, 0.717) is 19.0 Å². The van der Waals surface area contributed by atoms with Gasteiger partial charge in [-0.3, -0.25) is 9.59 Å². The van der Waals surface area contributed by atoms with Gasteiger partial charge in [0.05, 0.1) is 5.92 Å². The van der Waals surface area contributed by atoms with Crippen LogP contribution >= 0.6 is 0 Å². The van der Waals surface area contributed by atoms with Gasteiger partial charge in [-0.15, -0.1) is 0 Å².